The summed E-state index contributed by atoms with van der Waals surface area (Å²) >= 11 is 9.62. The second kappa shape index (κ2) is 4.56. The summed E-state index contributed by atoms with van der Waals surface area (Å²) in [5, 5.41) is 0.748. The van der Waals surface area contributed by atoms with Crippen molar-refractivity contribution in [2.75, 3.05) is 0 Å². The Morgan fingerprint density at radius 1 is 1.12 bits per heavy atom. The molecule has 0 N–H and O–H groups in total. The Balaban J connectivity index is 2.43. The van der Waals surface area contributed by atoms with Gasteiger partial charge in [-0.25, -0.2) is 0 Å². The molecule has 2 rings (SSSR count). The minimum absolute atomic E-state index is 0.230. The fraction of sp³-hybridized carbons (Fsp3) is 0.154. The Morgan fingerprint density at radius 2 is 1.81 bits per heavy atom. The van der Waals surface area contributed by atoms with Crippen LogP contribution in [0.5, 0.6) is 0 Å². The highest BCUT2D eigenvalue weighted by molar-refractivity contribution is 9.09. The first kappa shape index (κ1) is 11.6. The quantitative estimate of drug-likeness (QED) is 0.749. The maximum Gasteiger partial charge on any atom is 0.0741 e. The molecule has 2 aromatic rings. The van der Waals surface area contributed by atoms with Gasteiger partial charge in [-0.15, -0.1) is 0 Å². The largest absolute Gasteiger partial charge is 0.264 e. The summed E-state index contributed by atoms with van der Waals surface area (Å²) in [5.41, 5.74) is 2.28. The lowest BCUT2D eigenvalue weighted by atomic mass is 9.94. The molecule has 1 unspecified atom stereocenters. The van der Waals surface area contributed by atoms with Gasteiger partial charge in [0.1, 0.15) is 0 Å². The lowest BCUT2D eigenvalue weighted by Gasteiger charge is -2.23. The molecule has 3 heteroatoms. The third kappa shape index (κ3) is 2.28. The number of hydrogen-bond donors (Lipinski definition) is 0. The van der Waals surface area contributed by atoms with Crippen molar-refractivity contribution in [1.82, 2.24) is 4.98 Å². The predicted octanol–water partition coefficient (Wildman–Crippen LogP) is 4.39. The van der Waals surface area contributed by atoms with Gasteiger partial charge < -0.3 is 0 Å². The van der Waals surface area contributed by atoms with Crippen LogP contribution in [0.2, 0.25) is 5.02 Å². The van der Waals surface area contributed by atoms with E-state index in [2.05, 4.69) is 33.9 Å². The molecular formula is C13H11BrClN. The fourth-order valence-electron chi connectivity index (χ4n) is 1.57. The average molecular weight is 297 g/mol. The second-order valence-corrected chi connectivity index (χ2v) is 5.77. The minimum atomic E-state index is -0.230. The van der Waals surface area contributed by atoms with Gasteiger partial charge in [-0.3, -0.25) is 4.98 Å². The molecule has 0 bridgehead atoms. The molecule has 0 amide bonds. The standard InChI is InChI=1S/C13H11BrClN/c1-13(14,11-3-2-8-16-9-11)10-4-6-12(15)7-5-10/h2-9H,1H3. The summed E-state index contributed by atoms with van der Waals surface area (Å²) in [4.78, 5) is 4.14. The zero-order chi connectivity index (χ0) is 11.6. The zero-order valence-electron chi connectivity index (χ0n) is 8.82. The highest BCUT2D eigenvalue weighted by Gasteiger charge is 2.25. The van der Waals surface area contributed by atoms with Crippen molar-refractivity contribution >= 4 is 27.5 Å². The smallest absolute Gasteiger partial charge is 0.0741 e. The molecule has 0 aliphatic rings. The molecule has 16 heavy (non-hydrogen) atoms. The van der Waals surface area contributed by atoms with Crippen LogP contribution in [0.4, 0.5) is 0 Å². The van der Waals surface area contributed by atoms with Crippen molar-refractivity contribution in [3.05, 3.63) is 64.9 Å². The number of pyridine rings is 1. The Morgan fingerprint density at radius 3 is 2.38 bits per heavy atom. The lowest BCUT2D eigenvalue weighted by Crippen LogP contribution is -2.14. The van der Waals surface area contributed by atoms with Crippen LogP contribution in [0, 0.1) is 0 Å². The molecule has 0 fully saturated rings. The van der Waals surface area contributed by atoms with Crippen LogP contribution in [-0.2, 0) is 4.32 Å². The maximum atomic E-state index is 5.88. The van der Waals surface area contributed by atoms with E-state index in [4.69, 9.17) is 11.6 Å². The summed E-state index contributed by atoms with van der Waals surface area (Å²) in [6.07, 6.45) is 3.64. The van der Waals surface area contributed by atoms with E-state index >= 15 is 0 Å². The Bertz CT molecular complexity index is 465. The van der Waals surface area contributed by atoms with E-state index in [1.165, 1.54) is 0 Å². The number of benzene rings is 1. The van der Waals surface area contributed by atoms with Gasteiger partial charge in [0.05, 0.1) is 4.32 Å². The van der Waals surface area contributed by atoms with Gasteiger partial charge in [0.25, 0.3) is 0 Å². The van der Waals surface area contributed by atoms with Gasteiger partial charge in [-0.05, 0) is 36.2 Å². The Hall–Kier alpha value is -0.860. The summed E-state index contributed by atoms with van der Waals surface area (Å²) in [5.74, 6) is 0. The second-order valence-electron chi connectivity index (χ2n) is 3.75. The van der Waals surface area contributed by atoms with Crippen molar-refractivity contribution in [3.63, 3.8) is 0 Å². The number of alkyl halides is 1. The van der Waals surface area contributed by atoms with Crippen LogP contribution in [0.25, 0.3) is 0 Å². The van der Waals surface area contributed by atoms with E-state index in [0.717, 1.165) is 16.1 Å². The van der Waals surface area contributed by atoms with Crippen molar-refractivity contribution in [3.8, 4) is 0 Å². The van der Waals surface area contributed by atoms with E-state index in [1.54, 1.807) is 6.20 Å². The maximum absolute atomic E-state index is 5.88. The topological polar surface area (TPSA) is 12.9 Å². The van der Waals surface area contributed by atoms with Gasteiger partial charge in [-0.1, -0.05) is 45.7 Å². The summed E-state index contributed by atoms with van der Waals surface area (Å²) in [6.45, 7) is 2.10. The normalized spacial score (nSPS) is 14.4. The van der Waals surface area contributed by atoms with E-state index in [9.17, 15) is 0 Å². The van der Waals surface area contributed by atoms with Crippen LogP contribution in [-0.4, -0.2) is 4.98 Å². The molecule has 1 heterocycles. The van der Waals surface area contributed by atoms with Crippen molar-refractivity contribution < 1.29 is 0 Å². The lowest BCUT2D eigenvalue weighted by molar-refractivity contribution is 0.851. The molecule has 82 valence electrons. The van der Waals surface area contributed by atoms with Crippen LogP contribution >= 0.6 is 27.5 Å². The summed E-state index contributed by atoms with van der Waals surface area (Å²) < 4.78 is -0.230. The first-order valence-corrected chi connectivity index (χ1v) is 6.13. The van der Waals surface area contributed by atoms with E-state index in [0.29, 0.717) is 0 Å². The molecule has 0 radical (unpaired) electrons. The van der Waals surface area contributed by atoms with Crippen LogP contribution in [0.15, 0.2) is 48.8 Å². The number of aromatic nitrogens is 1. The van der Waals surface area contributed by atoms with E-state index < -0.39 is 0 Å². The van der Waals surface area contributed by atoms with Gasteiger partial charge in [0, 0.05) is 17.4 Å². The molecule has 1 aromatic carbocycles. The van der Waals surface area contributed by atoms with Crippen molar-refractivity contribution in [2.24, 2.45) is 0 Å². The summed E-state index contributed by atoms with van der Waals surface area (Å²) in [7, 11) is 0. The molecule has 0 saturated carbocycles. The molecule has 0 aliphatic carbocycles. The number of hydrogen-bond acceptors (Lipinski definition) is 1. The molecule has 1 aromatic heterocycles. The summed E-state index contributed by atoms with van der Waals surface area (Å²) in [6, 6.07) is 11.8. The van der Waals surface area contributed by atoms with E-state index in [1.807, 2.05) is 36.5 Å². The number of rotatable bonds is 2. The van der Waals surface area contributed by atoms with Gasteiger partial charge in [0.2, 0.25) is 0 Å². The fourth-order valence-corrected chi connectivity index (χ4v) is 2.19. The molecule has 0 spiro atoms. The Labute approximate surface area is 109 Å². The SMILES string of the molecule is CC(Br)(c1ccc(Cl)cc1)c1cccnc1. The van der Waals surface area contributed by atoms with Crippen LogP contribution in [0.1, 0.15) is 18.1 Å². The minimum Gasteiger partial charge on any atom is -0.264 e. The molecular weight excluding hydrogens is 286 g/mol. The van der Waals surface area contributed by atoms with Gasteiger partial charge in [0.15, 0.2) is 0 Å². The van der Waals surface area contributed by atoms with E-state index in [-0.39, 0.29) is 4.32 Å². The number of nitrogens with zero attached hydrogens (tertiary/aromatic N) is 1. The monoisotopic (exact) mass is 295 g/mol. The average Bonchev–Trinajstić information content (AvgIpc) is 2.31. The van der Waals surface area contributed by atoms with Crippen LogP contribution in [0.3, 0.4) is 0 Å². The third-order valence-electron chi connectivity index (χ3n) is 2.59. The third-order valence-corrected chi connectivity index (χ3v) is 3.76. The first-order chi connectivity index (χ1) is 7.60. The van der Waals surface area contributed by atoms with Crippen molar-refractivity contribution in [2.45, 2.75) is 11.2 Å². The molecule has 0 aliphatic heterocycles. The highest BCUT2D eigenvalue weighted by Crippen LogP contribution is 2.37. The molecule has 1 atom stereocenters. The molecule has 1 nitrogen and oxygen atoms in total. The molecule has 0 saturated heterocycles. The first-order valence-electron chi connectivity index (χ1n) is 4.96. The van der Waals surface area contributed by atoms with Gasteiger partial charge >= 0.3 is 0 Å². The Kier molecular flexibility index (Phi) is 3.31. The van der Waals surface area contributed by atoms with Crippen LogP contribution < -0.4 is 0 Å². The zero-order valence-corrected chi connectivity index (χ0v) is 11.2. The van der Waals surface area contributed by atoms with Crippen molar-refractivity contribution in [1.29, 1.82) is 0 Å². The predicted molar refractivity (Wildman–Crippen MR) is 71.1 cm³/mol. The number of halogens is 2. The van der Waals surface area contributed by atoms with Gasteiger partial charge in [-0.2, -0.15) is 0 Å². The highest BCUT2D eigenvalue weighted by atomic mass is 79.9.